The van der Waals surface area contributed by atoms with Crippen LogP contribution in [0.1, 0.15) is 50.5 Å². The van der Waals surface area contributed by atoms with Crippen LogP contribution in [0.4, 0.5) is 0 Å². The van der Waals surface area contributed by atoms with Crippen LogP contribution >= 0.6 is 11.6 Å². The van der Waals surface area contributed by atoms with Crippen molar-refractivity contribution < 1.29 is 8.42 Å². The zero-order chi connectivity index (χ0) is 15.3. The van der Waals surface area contributed by atoms with Crippen molar-refractivity contribution in [2.24, 2.45) is 0 Å². The lowest BCUT2D eigenvalue weighted by molar-refractivity contribution is 0.426. The van der Waals surface area contributed by atoms with Crippen molar-refractivity contribution in [2.45, 2.75) is 55.9 Å². The lowest BCUT2D eigenvalue weighted by Gasteiger charge is -2.21. The van der Waals surface area contributed by atoms with Crippen LogP contribution in [0.2, 0.25) is 5.02 Å². The molecule has 1 aliphatic carbocycles. The SMILES string of the molecule is N#Cc1ccc(S(=O)(=O)NC2CCCCCCC2)c(Cl)c1. The molecule has 0 aromatic heterocycles. The topological polar surface area (TPSA) is 70.0 Å². The molecule has 114 valence electrons. The highest BCUT2D eigenvalue weighted by molar-refractivity contribution is 7.89. The first-order valence-corrected chi connectivity index (χ1v) is 9.11. The molecule has 1 saturated carbocycles. The minimum absolute atomic E-state index is 0.0259. The third-order valence-corrected chi connectivity index (χ3v) is 5.78. The van der Waals surface area contributed by atoms with Gasteiger partial charge in [-0.05, 0) is 31.0 Å². The van der Waals surface area contributed by atoms with Gasteiger partial charge in [0.1, 0.15) is 4.90 Å². The molecule has 21 heavy (non-hydrogen) atoms. The van der Waals surface area contributed by atoms with Crippen LogP contribution in [-0.2, 0) is 10.0 Å². The highest BCUT2D eigenvalue weighted by Crippen LogP contribution is 2.24. The molecular formula is C15H19ClN2O2S. The molecule has 6 heteroatoms. The standard InChI is InChI=1S/C15H19ClN2O2S/c16-14-10-12(11-17)8-9-15(14)21(19,20)18-13-6-4-2-1-3-5-7-13/h8-10,13,18H,1-7H2. The van der Waals surface area contributed by atoms with E-state index in [1.54, 1.807) is 0 Å². The molecule has 1 aromatic carbocycles. The second-order valence-corrected chi connectivity index (χ2v) is 7.51. The molecule has 1 aliphatic rings. The number of hydrogen-bond donors (Lipinski definition) is 1. The fraction of sp³-hybridized carbons (Fsp3) is 0.533. The van der Waals surface area contributed by atoms with E-state index in [0.29, 0.717) is 5.56 Å². The van der Waals surface area contributed by atoms with E-state index in [1.165, 1.54) is 24.6 Å². The first kappa shape index (κ1) is 16.3. The Hall–Kier alpha value is -1.09. The maximum Gasteiger partial charge on any atom is 0.242 e. The number of nitrogens with one attached hydrogen (secondary N) is 1. The van der Waals surface area contributed by atoms with E-state index in [-0.39, 0.29) is 16.0 Å². The molecule has 0 heterocycles. The van der Waals surface area contributed by atoms with Crippen molar-refractivity contribution in [1.29, 1.82) is 5.26 Å². The molecule has 0 atom stereocenters. The van der Waals surface area contributed by atoms with E-state index in [2.05, 4.69) is 4.72 Å². The predicted octanol–water partition coefficient (Wildman–Crippen LogP) is 3.60. The fourth-order valence-corrected chi connectivity index (χ4v) is 4.49. The second kappa shape index (κ2) is 7.26. The summed E-state index contributed by atoms with van der Waals surface area (Å²) in [6, 6.07) is 6.17. The van der Waals surface area contributed by atoms with Gasteiger partial charge in [-0.2, -0.15) is 5.26 Å². The summed E-state index contributed by atoms with van der Waals surface area (Å²) >= 11 is 6.00. The summed E-state index contributed by atoms with van der Waals surface area (Å²) in [6.45, 7) is 0. The maximum atomic E-state index is 12.4. The highest BCUT2D eigenvalue weighted by Gasteiger charge is 2.23. The number of benzene rings is 1. The van der Waals surface area contributed by atoms with Crippen LogP contribution in [0.25, 0.3) is 0 Å². The normalized spacial score (nSPS) is 17.7. The van der Waals surface area contributed by atoms with Crippen molar-refractivity contribution in [3.63, 3.8) is 0 Å². The molecule has 0 radical (unpaired) electrons. The molecule has 0 amide bonds. The molecule has 0 saturated heterocycles. The third kappa shape index (κ3) is 4.44. The summed E-state index contributed by atoms with van der Waals surface area (Å²) in [5.74, 6) is 0. The van der Waals surface area contributed by atoms with Crippen LogP contribution < -0.4 is 4.72 Å². The van der Waals surface area contributed by atoms with Gasteiger partial charge in [-0.1, -0.05) is 43.7 Å². The molecule has 0 aliphatic heterocycles. The van der Waals surface area contributed by atoms with Gasteiger partial charge in [0.2, 0.25) is 10.0 Å². The average Bonchev–Trinajstić information content (AvgIpc) is 2.41. The highest BCUT2D eigenvalue weighted by atomic mass is 35.5. The van der Waals surface area contributed by atoms with Crippen molar-refractivity contribution in [1.82, 2.24) is 4.72 Å². The smallest absolute Gasteiger partial charge is 0.208 e. The van der Waals surface area contributed by atoms with E-state index < -0.39 is 10.0 Å². The maximum absolute atomic E-state index is 12.4. The molecule has 1 aromatic rings. The van der Waals surface area contributed by atoms with E-state index in [4.69, 9.17) is 16.9 Å². The van der Waals surface area contributed by atoms with Gasteiger partial charge in [0.25, 0.3) is 0 Å². The van der Waals surface area contributed by atoms with Gasteiger partial charge in [0, 0.05) is 6.04 Å². The van der Waals surface area contributed by atoms with Crippen molar-refractivity contribution in [2.75, 3.05) is 0 Å². The summed E-state index contributed by atoms with van der Waals surface area (Å²) in [7, 11) is -3.64. The molecule has 1 fully saturated rings. The van der Waals surface area contributed by atoms with Crippen LogP contribution in [0.5, 0.6) is 0 Å². The summed E-state index contributed by atoms with van der Waals surface area (Å²) in [5, 5.41) is 8.89. The summed E-state index contributed by atoms with van der Waals surface area (Å²) in [4.78, 5) is 0.0465. The Kier molecular flexibility index (Phi) is 5.63. The first-order chi connectivity index (χ1) is 10.0. The van der Waals surface area contributed by atoms with Crippen LogP contribution in [0, 0.1) is 11.3 Å². The predicted molar refractivity (Wildman–Crippen MR) is 82.6 cm³/mol. The van der Waals surface area contributed by atoms with Gasteiger partial charge < -0.3 is 0 Å². The largest absolute Gasteiger partial charge is 0.242 e. The van der Waals surface area contributed by atoms with E-state index in [9.17, 15) is 8.42 Å². The first-order valence-electron chi connectivity index (χ1n) is 7.25. The Morgan fingerprint density at radius 2 is 1.76 bits per heavy atom. The minimum atomic E-state index is -3.64. The monoisotopic (exact) mass is 326 g/mol. The zero-order valence-electron chi connectivity index (χ0n) is 11.8. The zero-order valence-corrected chi connectivity index (χ0v) is 13.4. The van der Waals surface area contributed by atoms with Gasteiger partial charge in [0.05, 0.1) is 16.7 Å². The van der Waals surface area contributed by atoms with E-state index >= 15 is 0 Å². The quantitative estimate of drug-likeness (QED) is 0.922. The van der Waals surface area contributed by atoms with Crippen molar-refractivity contribution >= 4 is 21.6 Å². The number of hydrogen-bond acceptors (Lipinski definition) is 3. The second-order valence-electron chi connectivity index (χ2n) is 5.42. The molecule has 0 unspecified atom stereocenters. The Morgan fingerprint density at radius 1 is 1.14 bits per heavy atom. The van der Waals surface area contributed by atoms with Crippen LogP contribution in [0.15, 0.2) is 23.1 Å². The lowest BCUT2D eigenvalue weighted by atomic mass is 9.97. The molecular weight excluding hydrogens is 308 g/mol. The number of nitriles is 1. The Morgan fingerprint density at radius 3 is 2.33 bits per heavy atom. The molecule has 4 nitrogen and oxygen atoms in total. The minimum Gasteiger partial charge on any atom is -0.208 e. The van der Waals surface area contributed by atoms with Crippen molar-refractivity contribution in [3.05, 3.63) is 28.8 Å². The Bertz CT molecular complexity index is 630. The summed E-state index contributed by atoms with van der Waals surface area (Å²) < 4.78 is 27.6. The van der Waals surface area contributed by atoms with Gasteiger partial charge >= 0.3 is 0 Å². The Balaban J connectivity index is 2.15. The van der Waals surface area contributed by atoms with Gasteiger partial charge in [-0.15, -0.1) is 0 Å². The molecule has 0 bridgehead atoms. The molecule has 2 rings (SSSR count). The Labute approximate surface area is 131 Å². The number of sulfonamides is 1. The average molecular weight is 327 g/mol. The van der Waals surface area contributed by atoms with E-state index in [0.717, 1.165) is 38.5 Å². The third-order valence-electron chi connectivity index (χ3n) is 3.78. The molecule has 1 N–H and O–H groups in total. The van der Waals surface area contributed by atoms with Gasteiger partial charge in [0.15, 0.2) is 0 Å². The fourth-order valence-electron chi connectivity index (χ4n) is 2.65. The van der Waals surface area contributed by atoms with Gasteiger partial charge in [-0.25, -0.2) is 13.1 Å². The van der Waals surface area contributed by atoms with E-state index in [1.807, 2.05) is 6.07 Å². The van der Waals surface area contributed by atoms with Crippen LogP contribution in [-0.4, -0.2) is 14.5 Å². The number of rotatable bonds is 3. The number of nitrogens with zero attached hydrogens (tertiary/aromatic N) is 1. The molecule has 0 spiro atoms. The van der Waals surface area contributed by atoms with Gasteiger partial charge in [-0.3, -0.25) is 0 Å². The number of halogens is 1. The summed E-state index contributed by atoms with van der Waals surface area (Å²) in [5.41, 5.74) is 0.352. The lowest BCUT2D eigenvalue weighted by Crippen LogP contribution is -2.35. The summed E-state index contributed by atoms with van der Waals surface area (Å²) in [6.07, 6.45) is 7.40. The van der Waals surface area contributed by atoms with Crippen molar-refractivity contribution in [3.8, 4) is 6.07 Å². The van der Waals surface area contributed by atoms with Crippen LogP contribution in [0.3, 0.4) is 0 Å².